The molecule has 3 rings (SSSR count). The minimum Gasteiger partial charge on any atom is -0.384 e. The number of hydrogen-bond donors (Lipinski definition) is 1. The summed E-state index contributed by atoms with van der Waals surface area (Å²) in [6, 6.07) is 5.78. The molecule has 0 aromatic heterocycles. The first-order valence-corrected chi connectivity index (χ1v) is 8.09. The number of allylic oxidation sites excluding steroid dienone is 1. The second-order valence-corrected chi connectivity index (χ2v) is 6.46. The van der Waals surface area contributed by atoms with Gasteiger partial charge in [0.05, 0.1) is 11.6 Å². The van der Waals surface area contributed by atoms with Gasteiger partial charge in [0.2, 0.25) is 0 Å². The van der Waals surface area contributed by atoms with E-state index >= 15 is 0 Å². The van der Waals surface area contributed by atoms with E-state index in [9.17, 15) is 13.2 Å². The lowest BCUT2D eigenvalue weighted by Gasteiger charge is -2.33. The van der Waals surface area contributed by atoms with Gasteiger partial charge in [-0.3, -0.25) is 4.99 Å². The van der Waals surface area contributed by atoms with Crippen LogP contribution in [0.2, 0.25) is 0 Å². The molecule has 0 radical (unpaired) electrons. The first-order valence-electron chi connectivity index (χ1n) is 8.09. The molecule has 0 saturated heterocycles. The van der Waals surface area contributed by atoms with E-state index in [1.807, 2.05) is 6.08 Å². The number of alkyl halides is 3. The fourth-order valence-corrected chi connectivity index (χ4v) is 3.10. The van der Waals surface area contributed by atoms with Crippen LogP contribution in [0.3, 0.4) is 0 Å². The van der Waals surface area contributed by atoms with Crippen molar-refractivity contribution in [3.05, 3.63) is 47.2 Å². The summed E-state index contributed by atoms with van der Waals surface area (Å²) in [6.07, 6.45) is 3.94. The molecule has 0 amide bonds. The lowest BCUT2D eigenvalue weighted by molar-refractivity contribution is -0.137. The zero-order valence-electron chi connectivity index (χ0n) is 13.1. The van der Waals surface area contributed by atoms with Gasteiger partial charge >= 0.3 is 6.18 Å². The molecular weight excluding hydrogens is 301 g/mol. The average molecular weight is 322 g/mol. The molecule has 1 aliphatic heterocycles. The Bertz CT molecular complexity index is 598. The standard InChI is InChI=1S/C18H21F3N2/c1-12(14-3-2-4-14)23-16-9-10-22-17(16)11-13-5-7-15(8-6-13)18(19,20)21/h5-10,12,14,17,23H,2-4,11H2,1H3/t12?,17-/m1/s1. The SMILES string of the molecule is CC(NC1=CC=N[C@@H]1Cc1ccc(C(F)(F)F)cc1)C1CCC1. The lowest BCUT2D eigenvalue weighted by Crippen LogP contribution is -2.38. The summed E-state index contributed by atoms with van der Waals surface area (Å²) < 4.78 is 37.8. The predicted molar refractivity (Wildman–Crippen MR) is 85.4 cm³/mol. The van der Waals surface area contributed by atoms with E-state index in [4.69, 9.17) is 0 Å². The Morgan fingerprint density at radius 2 is 1.91 bits per heavy atom. The van der Waals surface area contributed by atoms with Crippen LogP contribution in [0.25, 0.3) is 0 Å². The van der Waals surface area contributed by atoms with Crippen LogP contribution in [-0.4, -0.2) is 18.3 Å². The van der Waals surface area contributed by atoms with Crippen LogP contribution in [0, 0.1) is 5.92 Å². The summed E-state index contributed by atoms with van der Waals surface area (Å²) in [5.41, 5.74) is 1.33. The van der Waals surface area contributed by atoms with Crippen LogP contribution in [0.15, 0.2) is 41.0 Å². The van der Waals surface area contributed by atoms with Gasteiger partial charge in [-0.25, -0.2) is 0 Å². The van der Waals surface area contributed by atoms with Gasteiger partial charge in [-0.15, -0.1) is 0 Å². The van der Waals surface area contributed by atoms with Crippen LogP contribution in [0.4, 0.5) is 13.2 Å². The Morgan fingerprint density at radius 3 is 2.48 bits per heavy atom. The maximum absolute atomic E-state index is 12.6. The smallest absolute Gasteiger partial charge is 0.384 e. The van der Waals surface area contributed by atoms with Gasteiger partial charge < -0.3 is 5.32 Å². The van der Waals surface area contributed by atoms with E-state index in [-0.39, 0.29) is 6.04 Å². The van der Waals surface area contributed by atoms with Gasteiger partial charge in [0.25, 0.3) is 0 Å². The number of benzene rings is 1. The van der Waals surface area contributed by atoms with Crippen molar-refractivity contribution in [3.63, 3.8) is 0 Å². The summed E-state index contributed by atoms with van der Waals surface area (Å²) in [5.74, 6) is 0.725. The van der Waals surface area contributed by atoms with Crippen LogP contribution < -0.4 is 5.32 Å². The topological polar surface area (TPSA) is 24.4 Å². The van der Waals surface area contributed by atoms with Crippen molar-refractivity contribution < 1.29 is 13.2 Å². The fraction of sp³-hybridized carbons (Fsp3) is 0.500. The van der Waals surface area contributed by atoms with Gasteiger partial charge in [0, 0.05) is 24.4 Å². The maximum atomic E-state index is 12.6. The van der Waals surface area contributed by atoms with Gasteiger partial charge in [0.15, 0.2) is 0 Å². The van der Waals surface area contributed by atoms with Crippen molar-refractivity contribution in [2.75, 3.05) is 0 Å². The monoisotopic (exact) mass is 322 g/mol. The molecule has 1 saturated carbocycles. The van der Waals surface area contributed by atoms with E-state index in [1.54, 1.807) is 18.3 Å². The van der Waals surface area contributed by atoms with Crippen LogP contribution >= 0.6 is 0 Å². The number of aliphatic imine (C=N–C) groups is 1. The Morgan fingerprint density at radius 1 is 1.22 bits per heavy atom. The van der Waals surface area contributed by atoms with Crippen LogP contribution in [0.1, 0.15) is 37.3 Å². The third-order valence-corrected chi connectivity index (χ3v) is 4.84. The van der Waals surface area contributed by atoms with Gasteiger partial charge in [-0.2, -0.15) is 13.2 Å². The molecule has 1 N–H and O–H groups in total. The molecule has 0 spiro atoms. The van der Waals surface area contributed by atoms with Gasteiger partial charge in [-0.1, -0.05) is 18.6 Å². The summed E-state index contributed by atoms with van der Waals surface area (Å²) in [6.45, 7) is 2.19. The van der Waals surface area contributed by atoms with E-state index in [2.05, 4.69) is 17.2 Å². The second-order valence-electron chi connectivity index (χ2n) is 6.46. The van der Waals surface area contributed by atoms with E-state index in [0.29, 0.717) is 12.5 Å². The molecule has 0 bridgehead atoms. The number of halogens is 3. The lowest BCUT2D eigenvalue weighted by atomic mass is 9.80. The number of nitrogens with zero attached hydrogens (tertiary/aromatic N) is 1. The predicted octanol–water partition coefficient (Wildman–Crippen LogP) is 4.36. The Hall–Kier alpha value is -1.78. The molecule has 1 aromatic rings. The highest BCUT2D eigenvalue weighted by molar-refractivity contribution is 5.76. The molecule has 2 nitrogen and oxygen atoms in total. The first-order chi connectivity index (χ1) is 10.9. The maximum Gasteiger partial charge on any atom is 0.416 e. The zero-order chi connectivity index (χ0) is 16.4. The minimum atomic E-state index is -4.28. The third kappa shape index (κ3) is 3.77. The Kier molecular flexibility index (Phi) is 4.46. The van der Waals surface area contributed by atoms with Crippen LogP contribution in [0.5, 0.6) is 0 Å². The van der Waals surface area contributed by atoms with Gasteiger partial charge in [0.1, 0.15) is 0 Å². The van der Waals surface area contributed by atoms with Crippen molar-refractivity contribution in [3.8, 4) is 0 Å². The molecule has 1 unspecified atom stereocenters. The van der Waals surface area contributed by atoms with Crippen molar-refractivity contribution in [2.45, 2.75) is 50.9 Å². The zero-order valence-corrected chi connectivity index (χ0v) is 13.1. The van der Waals surface area contributed by atoms with Crippen molar-refractivity contribution in [1.82, 2.24) is 5.32 Å². The molecule has 1 aromatic carbocycles. The van der Waals surface area contributed by atoms with Gasteiger partial charge in [-0.05, 0) is 49.5 Å². The van der Waals surface area contributed by atoms with E-state index in [1.165, 1.54) is 19.3 Å². The van der Waals surface area contributed by atoms with E-state index < -0.39 is 11.7 Å². The number of nitrogens with one attached hydrogen (secondary N) is 1. The summed E-state index contributed by atoms with van der Waals surface area (Å²) >= 11 is 0. The molecular formula is C18H21F3N2. The molecule has 1 fully saturated rings. The summed E-state index contributed by atoms with van der Waals surface area (Å²) in [5, 5.41) is 3.54. The Labute approximate surface area is 134 Å². The van der Waals surface area contributed by atoms with E-state index in [0.717, 1.165) is 29.3 Å². The summed E-state index contributed by atoms with van der Waals surface area (Å²) in [4.78, 5) is 4.44. The van der Waals surface area contributed by atoms with Crippen molar-refractivity contribution in [2.24, 2.45) is 10.9 Å². The summed E-state index contributed by atoms with van der Waals surface area (Å²) in [7, 11) is 0. The highest BCUT2D eigenvalue weighted by atomic mass is 19.4. The molecule has 1 aliphatic carbocycles. The largest absolute Gasteiger partial charge is 0.416 e. The highest BCUT2D eigenvalue weighted by Gasteiger charge is 2.30. The molecule has 1 heterocycles. The minimum absolute atomic E-state index is 0.0192. The third-order valence-electron chi connectivity index (χ3n) is 4.84. The number of rotatable bonds is 5. The quantitative estimate of drug-likeness (QED) is 0.855. The molecule has 2 aliphatic rings. The normalized spacial score (nSPS) is 22.6. The second kappa shape index (κ2) is 6.38. The van der Waals surface area contributed by atoms with Crippen molar-refractivity contribution >= 4 is 6.21 Å². The average Bonchev–Trinajstić information content (AvgIpc) is 2.83. The first kappa shape index (κ1) is 16.1. The molecule has 5 heteroatoms. The van der Waals surface area contributed by atoms with Crippen molar-refractivity contribution in [1.29, 1.82) is 0 Å². The Balaban J connectivity index is 1.60. The molecule has 2 atom stereocenters. The molecule has 124 valence electrons. The highest BCUT2D eigenvalue weighted by Crippen LogP contribution is 2.31. The number of hydrogen-bond acceptors (Lipinski definition) is 2. The molecule has 23 heavy (non-hydrogen) atoms. The van der Waals surface area contributed by atoms with Crippen LogP contribution in [-0.2, 0) is 12.6 Å². The fourth-order valence-electron chi connectivity index (χ4n) is 3.10.